The van der Waals surface area contributed by atoms with E-state index in [0.717, 1.165) is 59.4 Å². The fraction of sp³-hybridized carbons (Fsp3) is 0.267. The van der Waals surface area contributed by atoms with Crippen LogP contribution in [0.5, 0.6) is 5.88 Å². The number of nitrogens with zero attached hydrogens (tertiary/aromatic N) is 5. The van der Waals surface area contributed by atoms with Crippen LogP contribution in [0.1, 0.15) is 51.1 Å². The zero-order valence-corrected chi connectivity index (χ0v) is 24.6. The number of aromatic nitrogens is 4. The molecule has 0 bridgehead atoms. The highest BCUT2D eigenvalue weighted by Gasteiger charge is 2.28. The third-order valence-electron chi connectivity index (χ3n) is 7.61. The van der Waals surface area contributed by atoms with Crippen molar-refractivity contribution in [1.29, 1.82) is 0 Å². The monoisotopic (exact) mass is 611 g/mol. The molecular formula is C30H25B2ClFN5O3S. The molecule has 3 aromatic heterocycles. The predicted octanol–water partition coefficient (Wildman–Crippen LogP) is 5.33. The van der Waals surface area contributed by atoms with E-state index in [0.29, 0.717) is 13.1 Å². The van der Waals surface area contributed by atoms with Crippen LogP contribution in [0.15, 0.2) is 66.3 Å². The van der Waals surface area contributed by atoms with Crippen molar-refractivity contribution in [2.45, 2.75) is 37.2 Å². The molecule has 1 fully saturated rings. The van der Waals surface area contributed by atoms with E-state index in [9.17, 15) is 14.3 Å². The first-order valence-electron chi connectivity index (χ1n) is 13.7. The van der Waals surface area contributed by atoms with E-state index in [1.807, 2.05) is 18.3 Å². The molecule has 2 aromatic carbocycles. The fourth-order valence-electron chi connectivity index (χ4n) is 5.42. The molecule has 0 unspecified atom stereocenters. The molecule has 0 atom stereocenters. The molecule has 0 saturated carbocycles. The Bertz CT molecular complexity index is 1780. The molecule has 0 spiro atoms. The normalized spacial score (nSPS) is 14.7. The van der Waals surface area contributed by atoms with Gasteiger partial charge in [0.2, 0.25) is 5.88 Å². The summed E-state index contributed by atoms with van der Waals surface area (Å²) in [6.45, 7) is 2.82. The second-order valence-electron chi connectivity index (χ2n) is 10.6. The van der Waals surface area contributed by atoms with Crippen molar-refractivity contribution in [3.63, 3.8) is 0 Å². The minimum Gasteiger partial charge on any atom is -0.487 e. The lowest BCUT2D eigenvalue weighted by atomic mass is 9.61. The summed E-state index contributed by atoms with van der Waals surface area (Å²) in [7, 11) is 12.3. The zero-order chi connectivity index (χ0) is 30.1. The molecule has 0 amide bonds. The number of piperidine rings is 1. The summed E-state index contributed by atoms with van der Waals surface area (Å²) in [6, 6.07) is 14.5. The molecule has 13 heteroatoms. The summed E-state index contributed by atoms with van der Waals surface area (Å²) in [6.07, 6.45) is 3.54. The average molecular weight is 612 g/mol. The predicted molar refractivity (Wildman–Crippen MR) is 165 cm³/mol. The number of aromatic carboxylic acids is 1. The summed E-state index contributed by atoms with van der Waals surface area (Å²) < 4.78 is 22.3. The van der Waals surface area contributed by atoms with Crippen molar-refractivity contribution in [2.75, 3.05) is 13.1 Å². The molecular weight excluding hydrogens is 587 g/mol. The van der Waals surface area contributed by atoms with Gasteiger partial charge in [0.05, 0.1) is 40.6 Å². The van der Waals surface area contributed by atoms with Gasteiger partial charge < -0.3 is 14.4 Å². The van der Waals surface area contributed by atoms with E-state index in [1.165, 1.54) is 12.1 Å². The van der Waals surface area contributed by atoms with Crippen molar-refractivity contribution in [3.05, 3.63) is 105 Å². The van der Waals surface area contributed by atoms with Gasteiger partial charge >= 0.3 is 5.97 Å². The number of carbonyl (C=O) groups is 1. The Morgan fingerprint density at radius 1 is 1.12 bits per heavy atom. The number of carboxylic acid groups (broad SMARTS) is 1. The van der Waals surface area contributed by atoms with Crippen LogP contribution in [-0.2, 0) is 18.5 Å². The number of fused-ring (bicyclic) bond motifs is 1. The van der Waals surface area contributed by atoms with Crippen LogP contribution in [0.4, 0.5) is 4.39 Å². The number of hydrogen-bond acceptors (Lipinski definition) is 7. The lowest BCUT2D eigenvalue weighted by molar-refractivity contribution is 0.0697. The Labute approximate surface area is 259 Å². The number of carboxylic acids is 1. The van der Waals surface area contributed by atoms with Gasteiger partial charge in [-0.15, -0.1) is 11.3 Å². The molecule has 6 rings (SSSR count). The molecule has 1 aliphatic heterocycles. The Hall–Kier alpha value is -3.73. The first-order valence-corrected chi connectivity index (χ1v) is 14.9. The Kier molecular flexibility index (Phi) is 8.26. The van der Waals surface area contributed by atoms with Crippen LogP contribution in [0, 0.1) is 5.82 Å². The van der Waals surface area contributed by atoms with Gasteiger partial charge in [0.25, 0.3) is 0 Å². The highest BCUT2D eigenvalue weighted by atomic mass is 35.5. The molecule has 214 valence electrons. The number of thiazole rings is 1. The number of likely N-dealkylation sites (tertiary alicyclic amines) is 1. The number of halogens is 2. The maximum Gasteiger partial charge on any atom is 0.335 e. The second kappa shape index (κ2) is 12.1. The summed E-state index contributed by atoms with van der Waals surface area (Å²) >= 11 is 7.41. The first-order chi connectivity index (χ1) is 20.7. The number of ether oxygens (including phenoxy) is 1. The third-order valence-corrected chi connectivity index (χ3v) is 8.61. The van der Waals surface area contributed by atoms with Crippen LogP contribution >= 0.6 is 22.9 Å². The van der Waals surface area contributed by atoms with E-state index in [4.69, 9.17) is 37.0 Å². The lowest BCUT2D eigenvalue weighted by Crippen LogP contribution is -2.36. The van der Waals surface area contributed by atoms with E-state index in [2.05, 4.69) is 19.4 Å². The third kappa shape index (κ3) is 6.46. The topological polar surface area (TPSA) is 93.4 Å². The SMILES string of the molecule is [B]C([B])(Oc1cccc(C2CCN(Cc3nc4ccc(C(=O)O)cc4n3Cc3cncs3)CC2)n1)c1ccc(Cl)cc1F. The van der Waals surface area contributed by atoms with Gasteiger partial charge in [-0.25, -0.2) is 19.2 Å². The summed E-state index contributed by atoms with van der Waals surface area (Å²) in [4.78, 5) is 28.7. The van der Waals surface area contributed by atoms with Gasteiger partial charge in [0, 0.05) is 39.3 Å². The highest BCUT2D eigenvalue weighted by molar-refractivity contribution is 7.09. The van der Waals surface area contributed by atoms with Crippen LogP contribution in [0.25, 0.3) is 11.0 Å². The Balaban J connectivity index is 1.15. The number of hydrogen-bond donors (Lipinski definition) is 1. The fourth-order valence-corrected chi connectivity index (χ4v) is 6.16. The molecule has 1 saturated heterocycles. The van der Waals surface area contributed by atoms with Gasteiger partial charge in [-0.1, -0.05) is 23.7 Å². The van der Waals surface area contributed by atoms with Crippen molar-refractivity contribution in [2.24, 2.45) is 0 Å². The minimum absolute atomic E-state index is 0.0297. The van der Waals surface area contributed by atoms with E-state index >= 15 is 0 Å². The quantitative estimate of drug-likeness (QED) is 0.225. The van der Waals surface area contributed by atoms with Gasteiger partial charge in [-0.3, -0.25) is 9.88 Å². The highest BCUT2D eigenvalue weighted by Crippen LogP contribution is 2.31. The molecule has 1 N–H and O–H groups in total. The van der Waals surface area contributed by atoms with Crippen molar-refractivity contribution in [1.82, 2.24) is 24.4 Å². The van der Waals surface area contributed by atoms with E-state index in [1.54, 1.807) is 41.1 Å². The molecule has 4 radical (unpaired) electrons. The Morgan fingerprint density at radius 2 is 1.93 bits per heavy atom. The van der Waals surface area contributed by atoms with Gasteiger partial charge in [-0.2, -0.15) is 0 Å². The molecule has 8 nitrogen and oxygen atoms in total. The number of imidazole rings is 1. The largest absolute Gasteiger partial charge is 0.487 e. The molecule has 5 aromatic rings. The van der Waals surface area contributed by atoms with Gasteiger partial charge in [0.1, 0.15) is 27.3 Å². The maximum atomic E-state index is 14.5. The van der Waals surface area contributed by atoms with E-state index < -0.39 is 17.2 Å². The van der Waals surface area contributed by atoms with Gasteiger partial charge in [0.15, 0.2) is 0 Å². The van der Waals surface area contributed by atoms with Crippen LogP contribution < -0.4 is 4.74 Å². The van der Waals surface area contributed by atoms with Crippen molar-refractivity contribution < 1.29 is 19.0 Å². The lowest BCUT2D eigenvalue weighted by Gasteiger charge is -2.32. The van der Waals surface area contributed by atoms with Crippen molar-refractivity contribution in [3.8, 4) is 5.88 Å². The van der Waals surface area contributed by atoms with E-state index in [-0.39, 0.29) is 27.9 Å². The average Bonchev–Trinajstić information content (AvgIpc) is 3.61. The minimum atomic E-state index is -1.93. The first kappa shape index (κ1) is 29.3. The molecule has 4 heterocycles. The van der Waals surface area contributed by atoms with Crippen LogP contribution in [-0.4, -0.2) is 64.3 Å². The summed E-state index contributed by atoms with van der Waals surface area (Å²) in [5.74, 6) is -0.374. The smallest absolute Gasteiger partial charge is 0.335 e. The number of benzene rings is 2. The Morgan fingerprint density at radius 3 is 2.65 bits per heavy atom. The second-order valence-corrected chi connectivity index (χ2v) is 12.0. The van der Waals surface area contributed by atoms with Crippen LogP contribution in [0.3, 0.4) is 0 Å². The van der Waals surface area contributed by atoms with Gasteiger partial charge in [-0.05, 0) is 62.3 Å². The summed E-state index contributed by atoms with van der Waals surface area (Å²) in [5, 5.41) is 7.83. The number of pyridine rings is 1. The summed E-state index contributed by atoms with van der Waals surface area (Å²) in [5.41, 5.74) is 4.38. The van der Waals surface area contributed by atoms with Crippen molar-refractivity contribution >= 4 is 55.6 Å². The van der Waals surface area contributed by atoms with Crippen LogP contribution in [0.2, 0.25) is 5.02 Å². The molecule has 43 heavy (non-hydrogen) atoms. The molecule has 1 aliphatic rings. The standard InChI is InChI=1S/C30H25B2ClFN5O3S/c31-30(32,22-6-5-20(33)13-23(22)34)42-28-3-1-2-24(37-28)18-8-10-38(11-9-18)16-27-36-25-7-4-19(29(40)41)12-26(25)39(27)15-21-14-35-17-43-21/h1-7,12-14,17-18H,8-11,15-16H2,(H,40,41). The molecule has 0 aliphatic carbocycles. The maximum absolute atomic E-state index is 14.5. The zero-order valence-electron chi connectivity index (χ0n) is 23.0. The number of rotatable bonds is 9.